The molecule has 1 amide bonds. The van der Waals surface area contributed by atoms with Crippen LogP contribution < -0.4 is 5.32 Å². The normalized spacial score (nSPS) is 10.6. The van der Waals surface area contributed by atoms with Gasteiger partial charge in [0.2, 0.25) is 11.1 Å². The number of nitrogens with zero attached hydrogens (tertiary/aromatic N) is 4. The minimum atomic E-state index is -0.0856. The van der Waals surface area contributed by atoms with Crippen LogP contribution in [0.4, 0.5) is 5.69 Å². The van der Waals surface area contributed by atoms with E-state index in [1.807, 2.05) is 60.9 Å². The largest absolute Gasteiger partial charge is 0.325 e. The lowest BCUT2D eigenvalue weighted by molar-refractivity contribution is -0.113. The lowest BCUT2D eigenvalue weighted by atomic mass is 10.2. The maximum atomic E-state index is 12.2. The molecule has 0 radical (unpaired) electrons. The van der Waals surface area contributed by atoms with Gasteiger partial charge in [0.15, 0.2) is 0 Å². The predicted molar refractivity (Wildman–Crippen MR) is 101 cm³/mol. The van der Waals surface area contributed by atoms with Crippen molar-refractivity contribution in [2.75, 3.05) is 17.3 Å². The van der Waals surface area contributed by atoms with Crippen molar-refractivity contribution < 1.29 is 4.79 Å². The quantitative estimate of drug-likeness (QED) is 0.643. The average Bonchev–Trinajstić information content (AvgIpc) is 3.08. The summed E-state index contributed by atoms with van der Waals surface area (Å²) in [6.45, 7) is 0.577. The molecule has 3 rings (SSSR count). The monoisotopic (exact) mass is 371 g/mol. The molecule has 0 bridgehead atoms. The highest BCUT2D eigenvalue weighted by atomic mass is 32.2. The minimum Gasteiger partial charge on any atom is -0.325 e. The average molecular weight is 371 g/mol. The Balaban J connectivity index is 1.56. The SMILES string of the molecule is CSc1cccc(NC(=O)CSc2nnnn2Cc2ccccc2)c1. The maximum Gasteiger partial charge on any atom is 0.234 e. The van der Waals surface area contributed by atoms with E-state index in [9.17, 15) is 4.79 Å². The zero-order chi connectivity index (χ0) is 17.5. The van der Waals surface area contributed by atoms with Crippen LogP contribution in [0.15, 0.2) is 64.6 Å². The van der Waals surface area contributed by atoms with Crippen molar-refractivity contribution in [3.8, 4) is 0 Å². The van der Waals surface area contributed by atoms with E-state index in [0.717, 1.165) is 16.1 Å². The van der Waals surface area contributed by atoms with Crippen LogP contribution in [0.25, 0.3) is 0 Å². The minimum absolute atomic E-state index is 0.0856. The van der Waals surface area contributed by atoms with Gasteiger partial charge in [-0.15, -0.1) is 16.9 Å². The number of nitrogens with one attached hydrogen (secondary N) is 1. The summed E-state index contributed by atoms with van der Waals surface area (Å²) < 4.78 is 1.70. The van der Waals surface area contributed by atoms with Crippen LogP contribution >= 0.6 is 23.5 Å². The number of anilines is 1. The third kappa shape index (κ3) is 5.07. The molecule has 1 aromatic heterocycles. The Kier molecular flexibility index (Phi) is 6.08. The van der Waals surface area contributed by atoms with E-state index in [2.05, 4.69) is 20.8 Å². The van der Waals surface area contributed by atoms with Gasteiger partial charge in [-0.2, -0.15) is 0 Å². The number of rotatable bonds is 7. The molecule has 1 N–H and O–H groups in total. The summed E-state index contributed by atoms with van der Waals surface area (Å²) >= 11 is 2.96. The molecule has 0 aliphatic heterocycles. The number of amides is 1. The first kappa shape index (κ1) is 17.5. The van der Waals surface area contributed by atoms with Crippen LogP contribution in [-0.4, -0.2) is 38.1 Å². The number of thioether (sulfide) groups is 2. The number of tetrazole rings is 1. The van der Waals surface area contributed by atoms with Gasteiger partial charge in [-0.1, -0.05) is 48.2 Å². The first-order valence-electron chi connectivity index (χ1n) is 7.61. The van der Waals surface area contributed by atoms with Crippen molar-refractivity contribution in [1.82, 2.24) is 20.2 Å². The molecule has 0 unspecified atom stereocenters. The van der Waals surface area contributed by atoms with Gasteiger partial charge in [-0.25, -0.2) is 4.68 Å². The van der Waals surface area contributed by atoms with E-state index in [1.165, 1.54) is 11.8 Å². The fraction of sp³-hybridized carbons (Fsp3) is 0.176. The van der Waals surface area contributed by atoms with Gasteiger partial charge in [0, 0.05) is 10.6 Å². The molecule has 0 saturated heterocycles. The van der Waals surface area contributed by atoms with Gasteiger partial charge >= 0.3 is 0 Å². The Labute approximate surface area is 154 Å². The summed E-state index contributed by atoms with van der Waals surface area (Å²) in [6.07, 6.45) is 2.00. The Hall–Kier alpha value is -2.32. The standard InChI is InChI=1S/C17H17N5OS2/c1-24-15-9-5-8-14(10-15)18-16(23)12-25-17-19-20-21-22(17)11-13-6-3-2-4-7-13/h2-10H,11-12H2,1H3,(H,18,23). The van der Waals surface area contributed by atoms with Crippen LogP contribution in [0.1, 0.15) is 5.56 Å². The molecular formula is C17H17N5OS2. The molecule has 25 heavy (non-hydrogen) atoms. The molecule has 2 aromatic carbocycles. The molecule has 0 aliphatic rings. The Morgan fingerprint density at radius 2 is 2.00 bits per heavy atom. The van der Waals surface area contributed by atoms with Crippen LogP contribution in [0, 0.1) is 0 Å². The third-order valence-electron chi connectivity index (χ3n) is 3.36. The highest BCUT2D eigenvalue weighted by molar-refractivity contribution is 7.99. The fourth-order valence-corrected chi connectivity index (χ4v) is 3.32. The van der Waals surface area contributed by atoms with Crippen LogP contribution in [-0.2, 0) is 11.3 Å². The summed E-state index contributed by atoms with van der Waals surface area (Å²) in [5.74, 6) is 0.163. The molecule has 0 spiro atoms. The van der Waals surface area contributed by atoms with E-state index in [1.54, 1.807) is 16.4 Å². The fourth-order valence-electron chi connectivity index (χ4n) is 2.18. The molecule has 1 heterocycles. The summed E-state index contributed by atoms with van der Waals surface area (Å²) in [4.78, 5) is 13.3. The smallest absolute Gasteiger partial charge is 0.234 e. The van der Waals surface area contributed by atoms with Crippen molar-refractivity contribution in [2.45, 2.75) is 16.6 Å². The zero-order valence-electron chi connectivity index (χ0n) is 13.6. The number of aromatic nitrogens is 4. The first-order valence-corrected chi connectivity index (χ1v) is 9.82. The number of hydrogen-bond donors (Lipinski definition) is 1. The van der Waals surface area contributed by atoms with Crippen molar-refractivity contribution in [1.29, 1.82) is 0 Å². The number of carbonyl (C=O) groups excluding carboxylic acids is 1. The maximum absolute atomic E-state index is 12.2. The summed E-state index contributed by atoms with van der Waals surface area (Å²) in [5, 5.41) is 15.2. The molecule has 0 atom stereocenters. The highest BCUT2D eigenvalue weighted by Gasteiger charge is 2.11. The molecule has 6 nitrogen and oxygen atoms in total. The summed E-state index contributed by atoms with van der Waals surface area (Å²) in [6, 6.07) is 17.7. The van der Waals surface area contributed by atoms with Gasteiger partial charge in [-0.05, 0) is 40.4 Å². The topological polar surface area (TPSA) is 72.7 Å². The van der Waals surface area contributed by atoms with E-state index in [4.69, 9.17) is 0 Å². The lowest BCUT2D eigenvalue weighted by Gasteiger charge is -2.07. The highest BCUT2D eigenvalue weighted by Crippen LogP contribution is 2.20. The Morgan fingerprint density at radius 1 is 1.16 bits per heavy atom. The predicted octanol–water partition coefficient (Wildman–Crippen LogP) is 3.17. The van der Waals surface area contributed by atoms with E-state index in [0.29, 0.717) is 11.7 Å². The lowest BCUT2D eigenvalue weighted by Crippen LogP contribution is -2.15. The molecule has 8 heteroatoms. The van der Waals surface area contributed by atoms with Crippen LogP contribution in [0.5, 0.6) is 0 Å². The molecule has 0 aliphatic carbocycles. The van der Waals surface area contributed by atoms with Gasteiger partial charge < -0.3 is 5.32 Å². The van der Waals surface area contributed by atoms with Gasteiger partial charge in [0.05, 0.1) is 12.3 Å². The Morgan fingerprint density at radius 3 is 2.80 bits per heavy atom. The van der Waals surface area contributed by atoms with Crippen molar-refractivity contribution in [3.05, 3.63) is 60.2 Å². The molecule has 0 fully saturated rings. The third-order valence-corrected chi connectivity index (χ3v) is 5.04. The molecule has 0 saturated carbocycles. The van der Waals surface area contributed by atoms with Gasteiger partial charge in [0.1, 0.15) is 0 Å². The van der Waals surface area contributed by atoms with Crippen LogP contribution in [0.3, 0.4) is 0 Å². The van der Waals surface area contributed by atoms with E-state index >= 15 is 0 Å². The zero-order valence-corrected chi connectivity index (χ0v) is 15.3. The number of carbonyl (C=O) groups is 1. The van der Waals surface area contributed by atoms with Gasteiger partial charge in [-0.3, -0.25) is 4.79 Å². The van der Waals surface area contributed by atoms with E-state index in [-0.39, 0.29) is 11.7 Å². The summed E-state index contributed by atoms with van der Waals surface area (Å²) in [7, 11) is 0. The summed E-state index contributed by atoms with van der Waals surface area (Å²) in [5.41, 5.74) is 1.90. The number of hydrogen-bond acceptors (Lipinski definition) is 6. The second kappa shape index (κ2) is 8.68. The van der Waals surface area contributed by atoms with E-state index < -0.39 is 0 Å². The Bertz CT molecular complexity index is 838. The molecule has 3 aromatic rings. The van der Waals surface area contributed by atoms with Crippen molar-refractivity contribution in [2.24, 2.45) is 0 Å². The van der Waals surface area contributed by atoms with Crippen LogP contribution in [0.2, 0.25) is 0 Å². The second-order valence-electron chi connectivity index (χ2n) is 5.17. The number of benzene rings is 2. The van der Waals surface area contributed by atoms with Gasteiger partial charge in [0.25, 0.3) is 0 Å². The first-order chi connectivity index (χ1) is 12.2. The second-order valence-corrected chi connectivity index (χ2v) is 7.00. The molecular weight excluding hydrogens is 354 g/mol. The van der Waals surface area contributed by atoms with Crippen molar-refractivity contribution in [3.63, 3.8) is 0 Å². The van der Waals surface area contributed by atoms with Crippen molar-refractivity contribution >= 4 is 35.1 Å². The molecule has 128 valence electrons.